The molecule has 1 heterocycles. The van der Waals surface area contributed by atoms with Gasteiger partial charge in [-0.15, -0.1) is 0 Å². The predicted molar refractivity (Wildman–Crippen MR) is 189 cm³/mol. The number of aromatic hydroxyl groups is 2. The number of aliphatic hydroxyl groups is 3. The lowest BCUT2D eigenvalue weighted by atomic mass is 9.56. The summed E-state index contributed by atoms with van der Waals surface area (Å²) in [5, 5.41) is 64.3. The van der Waals surface area contributed by atoms with Crippen molar-refractivity contribution in [3.8, 4) is 11.5 Å². The summed E-state index contributed by atoms with van der Waals surface area (Å²) < 4.78 is 22.2. The molecule has 294 valence electrons. The number of hydrogen-bond donors (Lipinski definition) is 7. The molecule has 4 aliphatic carbocycles. The molecule has 0 spiro atoms. The molecular formula is C39H44N2O14. The Morgan fingerprint density at radius 2 is 1.58 bits per heavy atom. The zero-order valence-electron chi connectivity index (χ0n) is 30.9. The highest BCUT2D eigenvalue weighted by Crippen LogP contribution is 2.56. The first-order chi connectivity index (χ1) is 26.1. The topological polar surface area (TPSA) is 247 Å². The molecule has 7 rings (SSSR count). The first kappa shape index (κ1) is 38.7. The van der Waals surface area contributed by atoms with Gasteiger partial charge in [-0.3, -0.25) is 24.0 Å². The van der Waals surface area contributed by atoms with Crippen LogP contribution in [0.2, 0.25) is 0 Å². The quantitative estimate of drug-likeness (QED) is 0.208. The van der Waals surface area contributed by atoms with Crippen molar-refractivity contribution < 1.29 is 68.5 Å². The molecule has 1 saturated carbocycles. The maximum absolute atomic E-state index is 14.8. The van der Waals surface area contributed by atoms with Gasteiger partial charge in [0.1, 0.15) is 29.8 Å². The highest BCUT2D eigenvalue weighted by atomic mass is 16.6. The summed E-state index contributed by atoms with van der Waals surface area (Å²) in [4.78, 5) is 70.9. The van der Waals surface area contributed by atoms with Crippen molar-refractivity contribution in [2.24, 2.45) is 0 Å². The second-order valence-electron chi connectivity index (χ2n) is 14.9. The SMILES string of the molecule is CO[C@@H]1[C@@H](O)[C@@H](OC)C(NC2=CC(=O)c3c(cc4c(c3O)C(=O)C3(OC)C(O)Cc5cc(C)c(C(=O)NC6CCCCC6)c(O)c5C3(O)C4=O)C2=O)O[C@H]1C. The summed E-state index contributed by atoms with van der Waals surface area (Å²) in [5.41, 5.74) is -9.57. The van der Waals surface area contributed by atoms with Gasteiger partial charge in [-0.05, 0) is 43.9 Å². The van der Waals surface area contributed by atoms with Crippen LogP contribution in [0.25, 0.3) is 0 Å². The fourth-order valence-electron chi connectivity index (χ4n) is 9.28. The molecule has 4 unspecified atom stereocenters. The Labute approximate surface area is 315 Å². The Kier molecular flexibility index (Phi) is 9.77. The zero-order chi connectivity index (χ0) is 39.9. The number of phenols is 2. The largest absolute Gasteiger partial charge is 0.507 e. The van der Waals surface area contributed by atoms with Gasteiger partial charge < -0.3 is 55.1 Å². The number of ketones is 4. The fraction of sp³-hybridized carbons (Fsp3) is 0.513. The number of methoxy groups -OCH3 is 3. The third-order valence-electron chi connectivity index (χ3n) is 11.9. The molecule has 16 heteroatoms. The van der Waals surface area contributed by atoms with Gasteiger partial charge in [-0.25, -0.2) is 0 Å². The number of hydrogen-bond acceptors (Lipinski definition) is 15. The van der Waals surface area contributed by atoms with E-state index in [1.165, 1.54) is 20.3 Å². The van der Waals surface area contributed by atoms with E-state index < -0.39 is 123 Å². The van der Waals surface area contributed by atoms with Crippen molar-refractivity contribution in [1.82, 2.24) is 10.6 Å². The van der Waals surface area contributed by atoms with Gasteiger partial charge in [0.25, 0.3) is 5.91 Å². The molecule has 8 atom stereocenters. The molecule has 0 bridgehead atoms. The van der Waals surface area contributed by atoms with Gasteiger partial charge in [-0.1, -0.05) is 25.3 Å². The number of aryl methyl sites for hydroxylation is 1. The Morgan fingerprint density at radius 1 is 0.909 bits per heavy atom. The number of amides is 1. The standard InChI is InChI=1S/C39H44N2O14/c1-15-11-17-12-23(43)39(54-5)35(49)26-20(34(48)38(39,51)27(17)30(46)24(15)36(50)40-18-9-7-6-8-10-18)13-19-25(29(26)45)22(42)14-21(28(19)44)41-37-33(53-4)31(47)32(52-3)16(2)55-37/h11,13-14,16,18,23,31-33,37,41,43,45-47,51H,6-10,12H2,1-5H3,(H,40,50)/t16-,23?,31+,32-,33+,37?,38?,39?/m0/s1. The zero-order valence-corrected chi connectivity index (χ0v) is 30.9. The number of benzene rings is 2. The summed E-state index contributed by atoms with van der Waals surface area (Å²) >= 11 is 0. The smallest absolute Gasteiger partial charge is 0.255 e. The van der Waals surface area contributed by atoms with Crippen LogP contribution in [0.5, 0.6) is 11.5 Å². The lowest BCUT2D eigenvalue weighted by molar-refractivity contribution is -0.236. The number of carbonyl (C=O) groups excluding carboxylic acids is 5. The number of phenolic OH excluding ortho intramolecular Hbond substituents is 2. The van der Waals surface area contributed by atoms with Gasteiger partial charge in [-0.2, -0.15) is 0 Å². The minimum Gasteiger partial charge on any atom is -0.507 e. The fourth-order valence-corrected chi connectivity index (χ4v) is 9.28. The Morgan fingerprint density at radius 3 is 2.22 bits per heavy atom. The van der Waals surface area contributed by atoms with Crippen molar-refractivity contribution in [3.05, 3.63) is 68.4 Å². The normalized spacial score (nSPS) is 31.9. The number of ether oxygens (including phenoxy) is 4. The van der Waals surface area contributed by atoms with Crippen LogP contribution in [-0.4, -0.2) is 124 Å². The number of nitrogens with one attached hydrogen (secondary N) is 2. The molecule has 55 heavy (non-hydrogen) atoms. The van der Waals surface area contributed by atoms with E-state index in [9.17, 15) is 49.5 Å². The summed E-state index contributed by atoms with van der Waals surface area (Å²) in [6.45, 7) is 3.17. The van der Waals surface area contributed by atoms with Crippen LogP contribution in [-0.2, 0) is 31.0 Å². The predicted octanol–water partition coefficient (Wildman–Crippen LogP) is 1.03. The van der Waals surface area contributed by atoms with E-state index in [1.54, 1.807) is 13.8 Å². The maximum Gasteiger partial charge on any atom is 0.255 e. The van der Waals surface area contributed by atoms with E-state index in [0.717, 1.165) is 51.4 Å². The van der Waals surface area contributed by atoms with E-state index in [2.05, 4.69) is 10.6 Å². The van der Waals surface area contributed by atoms with E-state index >= 15 is 0 Å². The van der Waals surface area contributed by atoms with E-state index in [0.29, 0.717) is 0 Å². The van der Waals surface area contributed by atoms with E-state index in [1.807, 2.05) is 0 Å². The molecule has 16 nitrogen and oxygen atoms in total. The van der Waals surface area contributed by atoms with Crippen molar-refractivity contribution in [3.63, 3.8) is 0 Å². The Bertz CT molecular complexity index is 2060. The van der Waals surface area contributed by atoms with Crippen LogP contribution in [0.4, 0.5) is 0 Å². The highest BCUT2D eigenvalue weighted by molar-refractivity contribution is 6.31. The molecule has 2 aromatic carbocycles. The third kappa shape index (κ3) is 5.41. The molecule has 0 radical (unpaired) electrons. The molecule has 7 N–H and O–H groups in total. The number of carbonyl (C=O) groups is 5. The lowest BCUT2D eigenvalue weighted by Crippen LogP contribution is -2.73. The van der Waals surface area contributed by atoms with Gasteiger partial charge in [0.2, 0.25) is 17.3 Å². The molecule has 1 aliphatic heterocycles. The van der Waals surface area contributed by atoms with Crippen molar-refractivity contribution >= 4 is 29.0 Å². The lowest BCUT2D eigenvalue weighted by Gasteiger charge is -2.53. The molecule has 5 aliphatic rings. The molecule has 0 aromatic heterocycles. The average Bonchev–Trinajstić information content (AvgIpc) is 3.13. The second-order valence-corrected chi connectivity index (χ2v) is 14.9. The Hall–Kier alpha value is -4.55. The maximum atomic E-state index is 14.8. The molecule has 1 amide bonds. The number of allylic oxidation sites excluding steroid dienone is 2. The Balaban J connectivity index is 1.34. The van der Waals surface area contributed by atoms with Crippen LogP contribution < -0.4 is 10.6 Å². The summed E-state index contributed by atoms with van der Waals surface area (Å²) in [5.74, 6) is -7.08. The van der Waals surface area contributed by atoms with Gasteiger partial charge in [0, 0.05) is 56.6 Å². The number of aliphatic hydroxyl groups excluding tert-OH is 2. The average molecular weight is 765 g/mol. The first-order valence-electron chi connectivity index (χ1n) is 18.2. The first-order valence-corrected chi connectivity index (χ1v) is 18.2. The summed E-state index contributed by atoms with van der Waals surface area (Å²) in [6.07, 6.45) is -2.19. The molecule has 2 aromatic rings. The molecular weight excluding hydrogens is 720 g/mol. The molecule has 2 fully saturated rings. The minimum atomic E-state index is -3.21. The molecule has 1 saturated heterocycles. The highest BCUT2D eigenvalue weighted by Gasteiger charge is 2.72. The van der Waals surface area contributed by atoms with Crippen LogP contribution in [0.1, 0.15) is 108 Å². The van der Waals surface area contributed by atoms with Gasteiger partial charge >= 0.3 is 0 Å². The van der Waals surface area contributed by atoms with Crippen molar-refractivity contribution in [2.75, 3.05) is 21.3 Å². The van der Waals surface area contributed by atoms with Crippen molar-refractivity contribution in [2.45, 2.75) is 106 Å². The summed E-state index contributed by atoms with van der Waals surface area (Å²) in [6, 6.07) is 2.14. The number of Topliss-reactive ketones (excluding diaryl/α,β-unsaturated/α-hetero) is 3. The summed E-state index contributed by atoms with van der Waals surface area (Å²) in [7, 11) is 3.64. The van der Waals surface area contributed by atoms with Crippen LogP contribution >= 0.6 is 0 Å². The van der Waals surface area contributed by atoms with Crippen LogP contribution in [0.15, 0.2) is 23.9 Å². The number of fused-ring (bicyclic) bond motifs is 5. The van der Waals surface area contributed by atoms with Crippen molar-refractivity contribution in [1.29, 1.82) is 0 Å². The van der Waals surface area contributed by atoms with Crippen LogP contribution in [0, 0.1) is 6.92 Å². The van der Waals surface area contributed by atoms with Gasteiger partial charge in [0.05, 0.1) is 34.6 Å². The van der Waals surface area contributed by atoms with E-state index in [4.69, 9.17) is 18.9 Å². The second kappa shape index (κ2) is 13.9. The number of rotatable bonds is 7. The monoisotopic (exact) mass is 764 g/mol. The third-order valence-corrected chi connectivity index (χ3v) is 11.9. The van der Waals surface area contributed by atoms with Gasteiger partial charge in [0.15, 0.2) is 23.2 Å². The van der Waals surface area contributed by atoms with Crippen LogP contribution in [0.3, 0.4) is 0 Å². The van der Waals surface area contributed by atoms with E-state index in [-0.39, 0.29) is 28.4 Å². The minimum absolute atomic E-state index is 0.0478.